The number of carbonyl (C=O) groups is 1. The van der Waals surface area contributed by atoms with Gasteiger partial charge in [0.25, 0.3) is 15.9 Å². The normalized spacial score (nSPS) is 14.2. The molecule has 2 aromatic heterocycles. The Morgan fingerprint density at radius 2 is 1.50 bits per heavy atom. The summed E-state index contributed by atoms with van der Waals surface area (Å²) in [7, 11) is -1.69. The summed E-state index contributed by atoms with van der Waals surface area (Å²) in [5, 5.41) is 1.74. The molecule has 7 rings (SSSR count). The van der Waals surface area contributed by atoms with Crippen LogP contribution in [0.3, 0.4) is 0 Å². The standard InChI is InChI=1S/C35H31N5O3S/c1-39-18-20-40(21-19-39)35(41)26-14-12-24(13-15-26)30-23-36-34-33(32(30)25-8-4-2-5-9-25)29-22-27(16-17-31(29)37-34)38-44(42,43)28-10-6-3-7-11-28/h2-17,22-23,38H,18-21H2,1H3,(H,36,37). The lowest BCUT2D eigenvalue weighted by molar-refractivity contribution is 0.0664. The predicted octanol–water partition coefficient (Wildman–Crippen LogP) is 6.24. The number of H-pyrrole nitrogens is 1. The van der Waals surface area contributed by atoms with E-state index in [4.69, 9.17) is 4.98 Å². The molecule has 0 atom stereocenters. The van der Waals surface area contributed by atoms with E-state index in [1.807, 2.05) is 65.7 Å². The maximum atomic E-state index is 13.2. The van der Waals surface area contributed by atoms with Gasteiger partial charge in [0, 0.05) is 71.0 Å². The SMILES string of the molecule is CN1CCN(C(=O)c2ccc(-c3cnc4[nH]c5ccc(NS(=O)(=O)c6ccccc6)cc5c4c3-c3ccccc3)cc2)CC1. The van der Waals surface area contributed by atoms with Crippen LogP contribution in [0.15, 0.2) is 114 Å². The Kier molecular flexibility index (Phi) is 7.12. The molecule has 1 aliphatic heterocycles. The van der Waals surface area contributed by atoms with E-state index < -0.39 is 10.0 Å². The monoisotopic (exact) mass is 601 g/mol. The minimum absolute atomic E-state index is 0.0450. The molecule has 0 aliphatic carbocycles. The number of aromatic nitrogens is 2. The average molecular weight is 602 g/mol. The molecule has 4 aromatic carbocycles. The average Bonchev–Trinajstić information content (AvgIpc) is 3.43. The molecule has 1 saturated heterocycles. The van der Waals surface area contributed by atoms with E-state index in [2.05, 4.69) is 33.8 Å². The Morgan fingerprint density at radius 1 is 0.818 bits per heavy atom. The second kappa shape index (κ2) is 11.3. The third kappa shape index (κ3) is 5.21. The largest absolute Gasteiger partial charge is 0.339 e. The number of pyridine rings is 1. The highest BCUT2D eigenvalue weighted by molar-refractivity contribution is 7.92. The van der Waals surface area contributed by atoms with E-state index in [0.29, 0.717) is 16.9 Å². The number of anilines is 1. The van der Waals surface area contributed by atoms with Gasteiger partial charge in [0.05, 0.1) is 4.90 Å². The number of hydrogen-bond donors (Lipinski definition) is 2. The summed E-state index contributed by atoms with van der Waals surface area (Å²) in [4.78, 5) is 25.7. The molecule has 0 saturated carbocycles. The second-order valence-corrected chi connectivity index (χ2v) is 12.8. The summed E-state index contributed by atoms with van der Waals surface area (Å²) in [5.74, 6) is 0.0450. The van der Waals surface area contributed by atoms with Crippen LogP contribution in [0.1, 0.15) is 10.4 Å². The first kappa shape index (κ1) is 27.8. The number of likely N-dealkylation sites (N-methyl/N-ethyl adjacent to an activating group) is 1. The van der Waals surface area contributed by atoms with Gasteiger partial charge in [0.1, 0.15) is 5.65 Å². The van der Waals surface area contributed by atoms with Crippen molar-refractivity contribution in [3.8, 4) is 22.3 Å². The quantitative estimate of drug-likeness (QED) is 0.236. The van der Waals surface area contributed by atoms with Gasteiger partial charge < -0.3 is 14.8 Å². The zero-order valence-corrected chi connectivity index (χ0v) is 25.0. The summed E-state index contributed by atoms with van der Waals surface area (Å²) in [5.41, 5.74) is 6.49. The van der Waals surface area contributed by atoms with Gasteiger partial charge in [-0.1, -0.05) is 60.7 Å². The molecule has 0 spiro atoms. The number of carbonyl (C=O) groups excluding carboxylic acids is 1. The van der Waals surface area contributed by atoms with Crippen molar-refractivity contribution in [3.05, 3.63) is 115 Å². The second-order valence-electron chi connectivity index (χ2n) is 11.1. The number of aromatic amines is 1. The Morgan fingerprint density at radius 3 is 2.20 bits per heavy atom. The van der Waals surface area contributed by atoms with Crippen molar-refractivity contribution in [3.63, 3.8) is 0 Å². The van der Waals surface area contributed by atoms with E-state index in [1.165, 1.54) is 0 Å². The molecule has 3 heterocycles. The van der Waals surface area contributed by atoms with Gasteiger partial charge >= 0.3 is 0 Å². The van der Waals surface area contributed by atoms with E-state index in [1.54, 1.807) is 36.4 Å². The van der Waals surface area contributed by atoms with Crippen molar-refractivity contribution in [2.45, 2.75) is 4.90 Å². The van der Waals surface area contributed by atoms with Crippen LogP contribution in [0.2, 0.25) is 0 Å². The van der Waals surface area contributed by atoms with Crippen molar-refractivity contribution in [1.29, 1.82) is 0 Å². The highest BCUT2D eigenvalue weighted by Gasteiger charge is 2.22. The summed E-state index contributed by atoms with van der Waals surface area (Å²) in [6, 6.07) is 31.6. The van der Waals surface area contributed by atoms with Gasteiger partial charge in [0.15, 0.2) is 0 Å². The molecule has 0 bridgehead atoms. The van der Waals surface area contributed by atoms with Crippen molar-refractivity contribution in [2.24, 2.45) is 0 Å². The van der Waals surface area contributed by atoms with Crippen LogP contribution in [0.5, 0.6) is 0 Å². The van der Waals surface area contributed by atoms with Crippen molar-refractivity contribution in [1.82, 2.24) is 19.8 Å². The van der Waals surface area contributed by atoms with Crippen LogP contribution < -0.4 is 4.72 Å². The van der Waals surface area contributed by atoms with Gasteiger partial charge in [-0.2, -0.15) is 0 Å². The van der Waals surface area contributed by atoms with Crippen LogP contribution in [0.25, 0.3) is 44.2 Å². The molecule has 220 valence electrons. The zero-order valence-electron chi connectivity index (χ0n) is 24.2. The highest BCUT2D eigenvalue weighted by Crippen LogP contribution is 2.41. The fraction of sp³-hybridized carbons (Fsp3) is 0.143. The molecule has 9 heteroatoms. The Balaban J connectivity index is 1.33. The van der Waals surface area contributed by atoms with Crippen LogP contribution in [-0.2, 0) is 10.0 Å². The van der Waals surface area contributed by atoms with Gasteiger partial charge in [-0.05, 0) is 60.6 Å². The molecule has 44 heavy (non-hydrogen) atoms. The van der Waals surface area contributed by atoms with Gasteiger partial charge in [-0.15, -0.1) is 0 Å². The Hall–Kier alpha value is -4.99. The summed E-state index contributed by atoms with van der Waals surface area (Å²) in [6.45, 7) is 3.19. The van der Waals surface area contributed by atoms with Crippen LogP contribution in [-0.4, -0.2) is 67.3 Å². The molecule has 1 amide bonds. The minimum Gasteiger partial charge on any atom is -0.339 e. The molecule has 8 nitrogen and oxygen atoms in total. The topological polar surface area (TPSA) is 98.4 Å². The number of nitrogens with zero attached hydrogens (tertiary/aromatic N) is 3. The number of nitrogens with one attached hydrogen (secondary N) is 2. The van der Waals surface area contributed by atoms with E-state index in [-0.39, 0.29) is 10.8 Å². The first-order valence-corrected chi connectivity index (χ1v) is 16.0. The van der Waals surface area contributed by atoms with Gasteiger partial charge in [-0.25, -0.2) is 13.4 Å². The first-order valence-electron chi connectivity index (χ1n) is 14.5. The summed E-state index contributed by atoms with van der Waals surface area (Å²) in [6.07, 6.45) is 1.86. The molecule has 2 N–H and O–H groups in total. The summed E-state index contributed by atoms with van der Waals surface area (Å²) < 4.78 is 28.9. The molecule has 6 aromatic rings. The summed E-state index contributed by atoms with van der Waals surface area (Å²) >= 11 is 0. The van der Waals surface area contributed by atoms with Gasteiger partial charge in [0.2, 0.25) is 0 Å². The molecule has 0 unspecified atom stereocenters. The molecule has 1 aliphatic rings. The fourth-order valence-corrected chi connectivity index (χ4v) is 6.91. The highest BCUT2D eigenvalue weighted by atomic mass is 32.2. The van der Waals surface area contributed by atoms with Gasteiger partial charge in [-0.3, -0.25) is 9.52 Å². The first-order chi connectivity index (χ1) is 21.4. The van der Waals surface area contributed by atoms with Crippen molar-refractivity contribution >= 4 is 43.6 Å². The zero-order chi connectivity index (χ0) is 30.3. The number of piperazine rings is 1. The van der Waals surface area contributed by atoms with Crippen LogP contribution >= 0.6 is 0 Å². The number of sulfonamides is 1. The smallest absolute Gasteiger partial charge is 0.261 e. The van der Waals surface area contributed by atoms with Crippen LogP contribution in [0.4, 0.5) is 5.69 Å². The lowest BCUT2D eigenvalue weighted by atomic mass is 9.92. The molecular weight excluding hydrogens is 570 g/mol. The van der Waals surface area contributed by atoms with Crippen molar-refractivity contribution < 1.29 is 13.2 Å². The Bertz CT molecular complexity index is 2090. The predicted molar refractivity (Wildman–Crippen MR) is 175 cm³/mol. The lowest BCUT2D eigenvalue weighted by Gasteiger charge is -2.32. The lowest BCUT2D eigenvalue weighted by Crippen LogP contribution is -2.47. The van der Waals surface area contributed by atoms with Crippen LogP contribution in [0, 0.1) is 0 Å². The third-order valence-corrected chi connectivity index (χ3v) is 9.62. The number of rotatable bonds is 6. The number of fused-ring (bicyclic) bond motifs is 3. The molecular formula is C35H31N5O3S. The maximum Gasteiger partial charge on any atom is 0.261 e. The Labute approximate surface area is 256 Å². The number of hydrogen-bond acceptors (Lipinski definition) is 5. The number of amides is 1. The molecule has 0 radical (unpaired) electrons. The fourth-order valence-electron chi connectivity index (χ4n) is 5.84. The van der Waals surface area contributed by atoms with E-state index in [9.17, 15) is 13.2 Å². The van der Waals surface area contributed by atoms with Crippen molar-refractivity contribution in [2.75, 3.05) is 37.9 Å². The molecule has 1 fully saturated rings. The number of benzene rings is 4. The van der Waals surface area contributed by atoms with E-state index in [0.717, 1.165) is 64.7 Å². The maximum absolute atomic E-state index is 13.2. The van der Waals surface area contributed by atoms with E-state index >= 15 is 0 Å². The minimum atomic E-state index is -3.76. The third-order valence-electron chi connectivity index (χ3n) is 8.22.